The minimum Gasteiger partial charge on any atom is -0.490 e. The van der Waals surface area contributed by atoms with Crippen molar-refractivity contribution in [3.63, 3.8) is 0 Å². The van der Waals surface area contributed by atoms with Crippen molar-refractivity contribution >= 4 is 11.6 Å². The Morgan fingerprint density at radius 1 is 1.30 bits per heavy atom. The Balaban J connectivity index is 2.80. The lowest BCUT2D eigenvalue weighted by Gasteiger charge is -2.27. The number of carbonyl (C=O) groups excluding carboxylic acids is 1. The molecule has 1 amide bonds. The molecule has 0 unspecified atom stereocenters. The van der Waals surface area contributed by atoms with Gasteiger partial charge in [0.2, 0.25) is 0 Å². The molecule has 0 bridgehead atoms. The van der Waals surface area contributed by atoms with Crippen LogP contribution in [0.25, 0.3) is 0 Å². The van der Waals surface area contributed by atoms with E-state index in [9.17, 15) is 4.79 Å². The Labute approximate surface area is 140 Å². The Morgan fingerprint density at radius 3 is 2.52 bits per heavy atom. The normalized spacial score (nSPS) is 14.9. The molecule has 4 nitrogen and oxygen atoms in total. The molecular weight excluding hydrogens is 290 g/mol. The molecule has 0 spiro atoms. The van der Waals surface area contributed by atoms with Crippen LogP contribution in [0, 0.1) is 6.92 Å². The summed E-state index contributed by atoms with van der Waals surface area (Å²) in [7, 11) is 0. The summed E-state index contributed by atoms with van der Waals surface area (Å²) < 4.78 is 11.6. The van der Waals surface area contributed by atoms with Gasteiger partial charge in [-0.15, -0.1) is 0 Å². The number of aryl methyl sites for hydroxylation is 1. The predicted molar refractivity (Wildman–Crippen MR) is 95.1 cm³/mol. The molecule has 0 aromatic heterocycles. The minimum absolute atomic E-state index is 0.108. The largest absolute Gasteiger partial charge is 0.490 e. The van der Waals surface area contributed by atoms with Gasteiger partial charge in [-0.2, -0.15) is 0 Å². The second-order valence-corrected chi connectivity index (χ2v) is 6.20. The van der Waals surface area contributed by atoms with E-state index < -0.39 is 5.60 Å². The molecule has 1 aromatic carbocycles. The first-order valence-corrected chi connectivity index (χ1v) is 8.59. The van der Waals surface area contributed by atoms with Gasteiger partial charge in [0.15, 0.2) is 0 Å². The third-order valence-corrected chi connectivity index (χ3v) is 4.12. The van der Waals surface area contributed by atoms with E-state index >= 15 is 0 Å². The van der Waals surface area contributed by atoms with Crippen molar-refractivity contribution < 1.29 is 14.3 Å². The van der Waals surface area contributed by atoms with Crippen molar-refractivity contribution in [1.82, 2.24) is 0 Å². The van der Waals surface area contributed by atoms with Crippen molar-refractivity contribution in [3.8, 4) is 5.75 Å². The van der Waals surface area contributed by atoms with Crippen molar-refractivity contribution in [2.24, 2.45) is 0 Å². The number of anilines is 1. The Morgan fingerprint density at radius 2 is 2.00 bits per heavy atom. The van der Waals surface area contributed by atoms with Gasteiger partial charge in [0.1, 0.15) is 11.4 Å². The summed E-state index contributed by atoms with van der Waals surface area (Å²) >= 11 is 0. The highest BCUT2D eigenvalue weighted by Gasteiger charge is 2.32. The molecule has 0 heterocycles. The molecule has 4 heteroatoms. The van der Waals surface area contributed by atoms with E-state index in [0.29, 0.717) is 13.0 Å². The molecule has 0 saturated heterocycles. The highest BCUT2D eigenvalue weighted by Crippen LogP contribution is 2.25. The number of carbonyl (C=O) groups is 1. The molecule has 23 heavy (non-hydrogen) atoms. The fourth-order valence-corrected chi connectivity index (χ4v) is 2.08. The van der Waals surface area contributed by atoms with Gasteiger partial charge in [-0.1, -0.05) is 20.8 Å². The lowest BCUT2D eigenvalue weighted by Crippen LogP contribution is -2.42. The third-order valence-electron chi connectivity index (χ3n) is 4.12. The van der Waals surface area contributed by atoms with Crippen LogP contribution in [0.5, 0.6) is 5.75 Å². The van der Waals surface area contributed by atoms with Crippen LogP contribution in [0.3, 0.4) is 0 Å². The van der Waals surface area contributed by atoms with Gasteiger partial charge in [0.05, 0.1) is 6.10 Å². The summed E-state index contributed by atoms with van der Waals surface area (Å²) in [4.78, 5) is 12.5. The Kier molecular flexibility index (Phi) is 7.56. The fraction of sp³-hybridized carbons (Fsp3) is 0.632. The van der Waals surface area contributed by atoms with Crippen LogP contribution in [0.15, 0.2) is 18.2 Å². The van der Waals surface area contributed by atoms with Gasteiger partial charge in [-0.25, -0.2) is 0 Å². The van der Waals surface area contributed by atoms with E-state index in [1.807, 2.05) is 52.8 Å². The molecule has 1 N–H and O–H groups in total. The molecule has 1 aromatic rings. The Hall–Kier alpha value is -1.55. The first kappa shape index (κ1) is 19.5. The molecule has 0 aliphatic heterocycles. The molecular formula is C19H31NO3. The number of hydrogen-bond donors (Lipinski definition) is 1. The maximum atomic E-state index is 12.5. The van der Waals surface area contributed by atoms with E-state index in [2.05, 4.69) is 12.2 Å². The molecule has 0 radical (unpaired) electrons. The van der Waals surface area contributed by atoms with Crippen LogP contribution in [0.1, 0.15) is 59.4 Å². The molecule has 0 aliphatic carbocycles. The van der Waals surface area contributed by atoms with Crippen molar-refractivity contribution in [1.29, 1.82) is 0 Å². The maximum absolute atomic E-state index is 12.5. The van der Waals surface area contributed by atoms with Gasteiger partial charge in [-0.3, -0.25) is 4.79 Å². The van der Waals surface area contributed by atoms with Gasteiger partial charge in [0, 0.05) is 12.3 Å². The molecule has 2 atom stereocenters. The average Bonchev–Trinajstić information content (AvgIpc) is 2.54. The van der Waals surface area contributed by atoms with Crippen LogP contribution < -0.4 is 10.1 Å². The summed E-state index contributed by atoms with van der Waals surface area (Å²) in [6.45, 7) is 12.5. The zero-order valence-corrected chi connectivity index (χ0v) is 15.4. The number of benzene rings is 1. The lowest BCUT2D eigenvalue weighted by atomic mass is 10.0. The SMILES string of the molecule is CCCO[C@](C)(CC)C(=O)Nc1ccc(O[C@H](C)CC)c(C)c1. The van der Waals surface area contributed by atoms with E-state index in [1.165, 1.54) is 0 Å². The van der Waals surface area contributed by atoms with Gasteiger partial charge >= 0.3 is 0 Å². The van der Waals surface area contributed by atoms with E-state index in [1.54, 1.807) is 0 Å². The molecule has 0 fully saturated rings. The second kappa shape index (κ2) is 8.92. The third kappa shape index (κ3) is 5.54. The number of rotatable bonds is 9. The monoisotopic (exact) mass is 321 g/mol. The van der Waals surface area contributed by atoms with E-state index in [0.717, 1.165) is 29.8 Å². The second-order valence-electron chi connectivity index (χ2n) is 6.20. The number of nitrogens with one attached hydrogen (secondary N) is 1. The van der Waals surface area contributed by atoms with E-state index in [-0.39, 0.29) is 12.0 Å². The van der Waals surface area contributed by atoms with Crippen LogP contribution in [0.4, 0.5) is 5.69 Å². The fourth-order valence-electron chi connectivity index (χ4n) is 2.08. The van der Waals surface area contributed by atoms with Crippen LogP contribution in [0.2, 0.25) is 0 Å². The lowest BCUT2D eigenvalue weighted by molar-refractivity contribution is -0.139. The summed E-state index contributed by atoms with van der Waals surface area (Å²) in [5, 5.41) is 2.96. The van der Waals surface area contributed by atoms with Gasteiger partial charge in [-0.05, 0) is 63.8 Å². The van der Waals surface area contributed by atoms with E-state index in [4.69, 9.17) is 9.47 Å². The van der Waals surface area contributed by atoms with Crippen LogP contribution >= 0.6 is 0 Å². The van der Waals surface area contributed by atoms with Crippen molar-refractivity contribution in [3.05, 3.63) is 23.8 Å². The first-order chi connectivity index (χ1) is 10.9. The molecule has 1 rings (SSSR count). The number of hydrogen-bond acceptors (Lipinski definition) is 3. The smallest absolute Gasteiger partial charge is 0.256 e. The van der Waals surface area contributed by atoms with Gasteiger partial charge in [0.25, 0.3) is 5.91 Å². The Bertz CT molecular complexity index is 515. The maximum Gasteiger partial charge on any atom is 0.256 e. The zero-order chi connectivity index (χ0) is 17.5. The van der Waals surface area contributed by atoms with Crippen molar-refractivity contribution in [2.75, 3.05) is 11.9 Å². The standard InChI is InChI=1S/C19H31NO3/c1-7-12-22-19(6,9-3)18(21)20-16-10-11-17(14(4)13-16)23-15(5)8-2/h10-11,13,15H,7-9,12H2,1-6H3,(H,20,21)/t15-,19-/m1/s1. The minimum atomic E-state index is -0.796. The van der Waals surface area contributed by atoms with Gasteiger partial charge < -0.3 is 14.8 Å². The predicted octanol–water partition coefficient (Wildman–Crippen LogP) is 4.71. The summed E-state index contributed by atoms with van der Waals surface area (Å²) in [5.41, 5.74) is 0.982. The van der Waals surface area contributed by atoms with Crippen LogP contribution in [-0.2, 0) is 9.53 Å². The average molecular weight is 321 g/mol. The summed E-state index contributed by atoms with van der Waals surface area (Å²) in [6.07, 6.45) is 2.66. The van der Waals surface area contributed by atoms with Crippen molar-refractivity contribution in [2.45, 2.75) is 72.5 Å². The number of ether oxygens (including phenoxy) is 2. The zero-order valence-electron chi connectivity index (χ0n) is 15.4. The molecule has 0 saturated carbocycles. The molecule has 0 aliphatic rings. The molecule has 130 valence electrons. The summed E-state index contributed by atoms with van der Waals surface area (Å²) in [5.74, 6) is 0.751. The highest BCUT2D eigenvalue weighted by molar-refractivity contribution is 5.97. The quantitative estimate of drug-likeness (QED) is 0.717. The van der Waals surface area contributed by atoms with Crippen LogP contribution in [-0.4, -0.2) is 24.2 Å². The number of amides is 1. The topological polar surface area (TPSA) is 47.6 Å². The summed E-state index contributed by atoms with van der Waals surface area (Å²) in [6, 6.07) is 5.72. The first-order valence-electron chi connectivity index (χ1n) is 8.59. The highest BCUT2D eigenvalue weighted by atomic mass is 16.5.